The minimum absolute atomic E-state index is 0.0505. The SMILES string of the molecule is CC/C=C\C/C=C\C/C=C\CCCCCCCC(=O)OC(COC(=O)CCCCCCCCCCCCCCCCCCCCCCCCCCCCCCC/C=C\CCCCCCCCCC)COP(=O)(O)OCCN. The van der Waals surface area contributed by atoms with Crippen molar-refractivity contribution in [2.24, 2.45) is 5.73 Å². The molecule has 452 valence electrons. The van der Waals surface area contributed by atoms with E-state index < -0.39 is 26.5 Å². The number of rotatable bonds is 63. The maximum Gasteiger partial charge on any atom is 0.472 e. The number of carbonyl (C=O) groups is 2. The first kappa shape index (κ1) is 75.0. The van der Waals surface area contributed by atoms with Gasteiger partial charge in [-0.05, 0) is 70.6 Å². The molecule has 0 fully saturated rings. The Morgan fingerprint density at radius 2 is 0.714 bits per heavy atom. The van der Waals surface area contributed by atoms with Crippen molar-refractivity contribution in [3.63, 3.8) is 0 Å². The zero-order valence-corrected chi connectivity index (χ0v) is 51.6. The number of ether oxygens (including phenoxy) is 2. The van der Waals surface area contributed by atoms with Crippen LogP contribution in [-0.4, -0.2) is 49.3 Å². The molecule has 0 radical (unpaired) electrons. The highest BCUT2D eigenvalue weighted by atomic mass is 31.2. The van der Waals surface area contributed by atoms with Crippen molar-refractivity contribution in [3.8, 4) is 0 Å². The van der Waals surface area contributed by atoms with Gasteiger partial charge in [0.15, 0.2) is 6.10 Å². The molecule has 0 saturated carbocycles. The molecule has 0 heterocycles. The van der Waals surface area contributed by atoms with Gasteiger partial charge >= 0.3 is 19.8 Å². The van der Waals surface area contributed by atoms with E-state index in [1.165, 1.54) is 231 Å². The number of phosphoric ester groups is 1. The quantitative estimate of drug-likeness (QED) is 0.0264. The second kappa shape index (κ2) is 63.2. The largest absolute Gasteiger partial charge is 0.472 e. The van der Waals surface area contributed by atoms with Crippen LogP contribution in [0.4, 0.5) is 0 Å². The van der Waals surface area contributed by atoms with Crippen LogP contribution in [0.25, 0.3) is 0 Å². The van der Waals surface area contributed by atoms with E-state index in [1.54, 1.807) is 0 Å². The van der Waals surface area contributed by atoms with Gasteiger partial charge in [0.05, 0.1) is 13.2 Å². The summed E-state index contributed by atoms with van der Waals surface area (Å²) < 4.78 is 33.0. The maximum atomic E-state index is 12.7. The Kier molecular flexibility index (Phi) is 61.5. The van der Waals surface area contributed by atoms with Crippen molar-refractivity contribution in [3.05, 3.63) is 48.6 Å². The third-order valence-corrected chi connectivity index (χ3v) is 15.7. The smallest absolute Gasteiger partial charge is 0.462 e. The van der Waals surface area contributed by atoms with E-state index in [1.807, 2.05) is 0 Å². The van der Waals surface area contributed by atoms with E-state index in [-0.39, 0.29) is 38.6 Å². The van der Waals surface area contributed by atoms with Gasteiger partial charge in [-0.2, -0.15) is 0 Å². The summed E-state index contributed by atoms with van der Waals surface area (Å²) in [7, 11) is -4.39. The fourth-order valence-corrected chi connectivity index (χ4v) is 10.6. The molecule has 0 rings (SSSR count). The van der Waals surface area contributed by atoms with E-state index in [2.05, 4.69) is 62.5 Å². The second-order valence-corrected chi connectivity index (χ2v) is 23.8. The zero-order valence-electron chi connectivity index (χ0n) is 50.7. The lowest BCUT2D eigenvalue weighted by molar-refractivity contribution is -0.161. The lowest BCUT2D eigenvalue weighted by Crippen LogP contribution is -2.29. The number of nitrogens with two attached hydrogens (primary N) is 1. The molecule has 0 bridgehead atoms. The molecular weight excluding hydrogens is 978 g/mol. The molecule has 0 aliphatic heterocycles. The van der Waals surface area contributed by atoms with Crippen LogP contribution in [0.5, 0.6) is 0 Å². The molecule has 3 N–H and O–H groups in total. The molecule has 0 aromatic rings. The molecule has 2 atom stereocenters. The number of carbonyl (C=O) groups excluding carboxylic acids is 2. The molecule has 0 aliphatic rings. The second-order valence-electron chi connectivity index (χ2n) is 22.3. The Bertz CT molecular complexity index is 1400. The first-order valence-corrected chi connectivity index (χ1v) is 34.6. The number of hydrogen-bond acceptors (Lipinski definition) is 8. The van der Waals surface area contributed by atoms with Crippen LogP contribution in [0.3, 0.4) is 0 Å². The van der Waals surface area contributed by atoms with Gasteiger partial charge in [0.1, 0.15) is 6.61 Å². The average Bonchev–Trinajstić information content (AvgIpc) is 3.42. The van der Waals surface area contributed by atoms with Crippen molar-refractivity contribution in [1.29, 1.82) is 0 Å². The number of allylic oxidation sites excluding steroid dienone is 8. The van der Waals surface area contributed by atoms with Crippen molar-refractivity contribution in [1.82, 2.24) is 0 Å². The Labute approximate surface area is 477 Å². The summed E-state index contributed by atoms with van der Waals surface area (Å²) in [6.07, 6.45) is 79.5. The monoisotopic (exact) mass is 1100 g/mol. The van der Waals surface area contributed by atoms with E-state index in [9.17, 15) is 19.0 Å². The van der Waals surface area contributed by atoms with E-state index in [0.29, 0.717) is 6.42 Å². The molecule has 0 saturated heterocycles. The van der Waals surface area contributed by atoms with E-state index in [4.69, 9.17) is 24.3 Å². The van der Waals surface area contributed by atoms with Crippen molar-refractivity contribution in [2.75, 3.05) is 26.4 Å². The van der Waals surface area contributed by atoms with Crippen LogP contribution in [0, 0.1) is 0 Å². The van der Waals surface area contributed by atoms with Gasteiger partial charge in [0.2, 0.25) is 0 Å². The fourth-order valence-electron chi connectivity index (χ4n) is 9.83. The Morgan fingerprint density at radius 3 is 1.08 bits per heavy atom. The molecule has 0 aliphatic carbocycles. The molecule has 9 nitrogen and oxygen atoms in total. The van der Waals surface area contributed by atoms with Crippen LogP contribution in [0.15, 0.2) is 48.6 Å². The highest BCUT2D eigenvalue weighted by Crippen LogP contribution is 2.43. The van der Waals surface area contributed by atoms with Crippen molar-refractivity contribution < 1.29 is 37.6 Å². The predicted octanol–water partition coefficient (Wildman–Crippen LogP) is 21.3. The van der Waals surface area contributed by atoms with Gasteiger partial charge in [0, 0.05) is 19.4 Å². The third-order valence-electron chi connectivity index (χ3n) is 14.7. The minimum atomic E-state index is -4.39. The molecule has 0 aromatic heterocycles. The maximum absolute atomic E-state index is 12.7. The minimum Gasteiger partial charge on any atom is -0.462 e. The summed E-state index contributed by atoms with van der Waals surface area (Å²) in [5.41, 5.74) is 5.38. The van der Waals surface area contributed by atoms with Crippen molar-refractivity contribution in [2.45, 2.75) is 341 Å². The van der Waals surface area contributed by atoms with Gasteiger partial charge in [0.25, 0.3) is 0 Å². The van der Waals surface area contributed by atoms with Crippen LogP contribution in [-0.2, 0) is 32.7 Å². The standard InChI is InChI=1S/C67H126NO8P/c1-3-5-7-9-11-13-15-17-19-20-21-22-23-24-25-26-27-28-29-30-31-32-33-34-35-36-37-38-39-40-41-42-43-44-46-47-49-51-53-55-57-59-66(69)73-63-65(64-75-77(71,72)74-62-61-68)76-67(70)60-58-56-54-52-50-48-45-18-16-14-12-10-8-6-4-2/h6,8,12,14,18,20-21,45,65H,3-5,7,9-11,13,15-17,19,22-44,46-64,68H2,1-2H3,(H,71,72)/b8-6-,14-12-,21-20-,45-18-. The fraction of sp³-hybridized carbons (Fsp3) is 0.851. The molecule has 0 amide bonds. The topological polar surface area (TPSA) is 134 Å². The highest BCUT2D eigenvalue weighted by Gasteiger charge is 2.26. The molecular formula is C67H126NO8P. The van der Waals surface area contributed by atoms with E-state index >= 15 is 0 Å². The number of hydrogen-bond donors (Lipinski definition) is 2. The average molecular weight is 1100 g/mol. The number of phosphoric acid groups is 1. The van der Waals surface area contributed by atoms with Gasteiger partial charge < -0.3 is 20.1 Å². The molecule has 0 spiro atoms. The summed E-state index contributed by atoms with van der Waals surface area (Å²) in [4.78, 5) is 35.1. The first-order chi connectivity index (χ1) is 37.8. The zero-order chi connectivity index (χ0) is 55.9. The molecule has 2 unspecified atom stereocenters. The van der Waals surface area contributed by atoms with Crippen LogP contribution < -0.4 is 5.73 Å². The molecule has 10 heteroatoms. The third kappa shape index (κ3) is 63.0. The molecule has 0 aromatic carbocycles. The molecule has 77 heavy (non-hydrogen) atoms. The summed E-state index contributed by atoms with van der Waals surface area (Å²) in [5.74, 6) is -0.836. The number of esters is 2. The van der Waals surface area contributed by atoms with Crippen LogP contribution in [0.1, 0.15) is 335 Å². The van der Waals surface area contributed by atoms with E-state index in [0.717, 1.165) is 70.6 Å². The summed E-state index contributed by atoms with van der Waals surface area (Å²) in [6, 6.07) is 0. The summed E-state index contributed by atoms with van der Waals surface area (Å²) >= 11 is 0. The van der Waals surface area contributed by atoms with Gasteiger partial charge in [-0.25, -0.2) is 4.57 Å². The lowest BCUT2D eigenvalue weighted by atomic mass is 10.0. The van der Waals surface area contributed by atoms with Gasteiger partial charge in [-0.1, -0.05) is 300 Å². The van der Waals surface area contributed by atoms with Crippen LogP contribution >= 0.6 is 7.82 Å². The Morgan fingerprint density at radius 1 is 0.403 bits per heavy atom. The summed E-state index contributed by atoms with van der Waals surface area (Å²) in [5, 5.41) is 0. The summed E-state index contributed by atoms with van der Waals surface area (Å²) in [6.45, 7) is 3.65. The number of unbranched alkanes of at least 4 members (excludes halogenated alkanes) is 42. The van der Waals surface area contributed by atoms with Crippen LogP contribution in [0.2, 0.25) is 0 Å². The highest BCUT2D eigenvalue weighted by molar-refractivity contribution is 7.47. The van der Waals surface area contributed by atoms with Gasteiger partial charge in [-0.3, -0.25) is 18.6 Å². The van der Waals surface area contributed by atoms with Crippen molar-refractivity contribution >= 4 is 19.8 Å². The Hall–Kier alpha value is -2.03. The Balaban J connectivity index is 3.70. The lowest BCUT2D eigenvalue weighted by Gasteiger charge is -2.19. The van der Waals surface area contributed by atoms with Gasteiger partial charge in [-0.15, -0.1) is 0 Å². The first-order valence-electron chi connectivity index (χ1n) is 33.1. The predicted molar refractivity (Wildman–Crippen MR) is 330 cm³/mol. The normalized spacial score (nSPS) is 13.2.